The summed E-state index contributed by atoms with van der Waals surface area (Å²) in [7, 11) is 3.19. The lowest BCUT2D eigenvalue weighted by molar-refractivity contribution is -0.113. The molecule has 0 bridgehead atoms. The van der Waals surface area contributed by atoms with Crippen molar-refractivity contribution in [3.63, 3.8) is 0 Å². The van der Waals surface area contributed by atoms with Crippen molar-refractivity contribution in [2.24, 2.45) is 0 Å². The van der Waals surface area contributed by atoms with E-state index in [-0.39, 0.29) is 17.2 Å². The zero-order valence-corrected chi connectivity index (χ0v) is 21.4. The van der Waals surface area contributed by atoms with Crippen LogP contribution in [0.25, 0.3) is 10.9 Å². The predicted octanol–water partition coefficient (Wildman–Crippen LogP) is 4.95. The van der Waals surface area contributed by atoms with Crippen LogP contribution in [0.15, 0.2) is 76.7 Å². The van der Waals surface area contributed by atoms with Gasteiger partial charge in [0.2, 0.25) is 5.91 Å². The molecule has 1 heterocycles. The van der Waals surface area contributed by atoms with Gasteiger partial charge in [-0.1, -0.05) is 49.0 Å². The number of ether oxygens (including phenoxy) is 2. The summed E-state index contributed by atoms with van der Waals surface area (Å²) in [5.41, 5.74) is 3.44. The smallest absolute Gasteiger partial charge is 0.262 e. The summed E-state index contributed by atoms with van der Waals surface area (Å²) in [5, 5.41) is 3.98. The average molecular weight is 504 g/mol. The summed E-state index contributed by atoms with van der Waals surface area (Å²) in [6, 6.07) is 20.8. The summed E-state index contributed by atoms with van der Waals surface area (Å²) in [6.45, 7) is 2.50. The number of carbonyl (C=O) groups excluding carboxylic acids is 1. The molecule has 186 valence electrons. The quantitative estimate of drug-likeness (QED) is 0.244. The molecule has 7 nitrogen and oxygen atoms in total. The highest BCUT2D eigenvalue weighted by atomic mass is 32.2. The second-order valence-electron chi connectivity index (χ2n) is 8.19. The molecule has 8 heteroatoms. The minimum Gasteiger partial charge on any atom is -0.493 e. The van der Waals surface area contributed by atoms with E-state index in [0.717, 1.165) is 17.7 Å². The molecule has 4 rings (SSSR count). The number of para-hydroxylation sites is 1. The van der Waals surface area contributed by atoms with Crippen molar-refractivity contribution < 1.29 is 14.3 Å². The van der Waals surface area contributed by atoms with Crippen LogP contribution in [0.4, 0.5) is 5.69 Å². The van der Waals surface area contributed by atoms with Gasteiger partial charge < -0.3 is 14.8 Å². The van der Waals surface area contributed by atoms with Crippen LogP contribution in [0.1, 0.15) is 18.1 Å². The molecule has 4 aromatic rings. The molecule has 0 fully saturated rings. The van der Waals surface area contributed by atoms with E-state index in [1.807, 2.05) is 60.7 Å². The van der Waals surface area contributed by atoms with Gasteiger partial charge in [-0.25, -0.2) is 4.98 Å². The van der Waals surface area contributed by atoms with Crippen LogP contribution in [0.2, 0.25) is 0 Å². The molecule has 0 radical (unpaired) electrons. The first-order valence-electron chi connectivity index (χ1n) is 11.7. The Morgan fingerprint density at radius 1 is 0.972 bits per heavy atom. The highest BCUT2D eigenvalue weighted by Gasteiger charge is 2.14. The Labute approximate surface area is 214 Å². The molecule has 1 aromatic heterocycles. The standard InChI is InChI=1S/C28H29N3O4S/c1-4-19-9-12-21(13-10-19)29-26(32)18-36-28-30-23-8-6-5-7-22(23)27(33)31(28)16-15-20-11-14-24(34-2)25(17-20)35-3/h5-14,17H,4,15-16,18H2,1-3H3,(H,29,32). The van der Waals surface area contributed by atoms with E-state index in [1.165, 1.54) is 17.3 Å². The molecule has 0 aliphatic carbocycles. The van der Waals surface area contributed by atoms with Crippen LogP contribution >= 0.6 is 11.8 Å². The number of nitrogens with one attached hydrogen (secondary N) is 1. The van der Waals surface area contributed by atoms with E-state index in [0.29, 0.717) is 40.5 Å². The van der Waals surface area contributed by atoms with Crippen LogP contribution in [0.3, 0.4) is 0 Å². The third-order valence-corrected chi connectivity index (χ3v) is 6.85. The Morgan fingerprint density at radius 3 is 2.42 bits per heavy atom. The van der Waals surface area contributed by atoms with Crippen molar-refractivity contribution in [3.05, 3.63) is 88.2 Å². The fraction of sp³-hybridized carbons (Fsp3) is 0.250. The lowest BCUT2D eigenvalue weighted by atomic mass is 10.1. The molecule has 0 saturated heterocycles. The summed E-state index contributed by atoms with van der Waals surface area (Å²) in [4.78, 5) is 30.7. The number of thioether (sulfide) groups is 1. The molecule has 0 aliphatic rings. The van der Waals surface area contributed by atoms with Gasteiger partial charge in [-0.3, -0.25) is 14.2 Å². The van der Waals surface area contributed by atoms with Crippen LogP contribution in [-0.2, 0) is 24.2 Å². The van der Waals surface area contributed by atoms with Crippen molar-refractivity contribution in [2.75, 3.05) is 25.3 Å². The van der Waals surface area contributed by atoms with E-state index >= 15 is 0 Å². The Hall–Kier alpha value is -3.78. The monoisotopic (exact) mass is 503 g/mol. The number of fused-ring (bicyclic) bond motifs is 1. The van der Waals surface area contributed by atoms with Gasteiger partial charge in [0.05, 0.1) is 30.9 Å². The number of anilines is 1. The molecule has 36 heavy (non-hydrogen) atoms. The first-order valence-corrected chi connectivity index (χ1v) is 12.7. The molecule has 1 N–H and O–H groups in total. The zero-order valence-electron chi connectivity index (χ0n) is 20.6. The minimum absolute atomic E-state index is 0.126. The van der Waals surface area contributed by atoms with Gasteiger partial charge in [0.1, 0.15) is 0 Å². The number of hydrogen-bond donors (Lipinski definition) is 1. The van der Waals surface area contributed by atoms with E-state index in [9.17, 15) is 9.59 Å². The molecule has 0 unspecified atom stereocenters. The van der Waals surface area contributed by atoms with Crippen molar-refractivity contribution in [2.45, 2.75) is 31.5 Å². The average Bonchev–Trinajstić information content (AvgIpc) is 2.91. The molecule has 0 atom stereocenters. The highest BCUT2D eigenvalue weighted by Crippen LogP contribution is 2.28. The Kier molecular flexibility index (Phi) is 8.28. The zero-order chi connectivity index (χ0) is 25.5. The molecule has 0 saturated carbocycles. The molecular weight excluding hydrogens is 474 g/mol. The number of hydrogen-bond acceptors (Lipinski definition) is 6. The molecule has 0 aliphatic heterocycles. The number of nitrogens with zero attached hydrogens (tertiary/aromatic N) is 2. The fourth-order valence-electron chi connectivity index (χ4n) is 3.88. The van der Waals surface area contributed by atoms with Crippen LogP contribution in [0, 0.1) is 0 Å². The second-order valence-corrected chi connectivity index (χ2v) is 9.14. The van der Waals surface area contributed by atoms with E-state index in [1.54, 1.807) is 24.9 Å². The topological polar surface area (TPSA) is 82.5 Å². The maximum absolute atomic E-state index is 13.4. The number of aryl methyl sites for hydroxylation is 2. The number of amides is 1. The van der Waals surface area contributed by atoms with Gasteiger partial charge in [-0.15, -0.1) is 0 Å². The minimum atomic E-state index is -0.155. The number of carbonyl (C=O) groups is 1. The first kappa shape index (κ1) is 25.3. The van der Waals surface area contributed by atoms with E-state index < -0.39 is 0 Å². The van der Waals surface area contributed by atoms with Gasteiger partial charge in [-0.05, 0) is 60.4 Å². The van der Waals surface area contributed by atoms with Gasteiger partial charge in [0, 0.05) is 12.2 Å². The highest BCUT2D eigenvalue weighted by molar-refractivity contribution is 7.99. The van der Waals surface area contributed by atoms with Crippen molar-refractivity contribution >= 4 is 34.3 Å². The van der Waals surface area contributed by atoms with Crippen LogP contribution < -0.4 is 20.3 Å². The van der Waals surface area contributed by atoms with Crippen molar-refractivity contribution in [1.29, 1.82) is 0 Å². The summed E-state index contributed by atoms with van der Waals surface area (Å²) in [5.74, 6) is 1.27. The Bertz CT molecular complexity index is 1420. The number of aromatic nitrogens is 2. The third kappa shape index (κ3) is 5.88. The van der Waals surface area contributed by atoms with Gasteiger partial charge in [0.25, 0.3) is 5.56 Å². The van der Waals surface area contributed by atoms with E-state index in [2.05, 4.69) is 12.2 Å². The lowest BCUT2D eigenvalue weighted by Gasteiger charge is -2.14. The summed E-state index contributed by atoms with van der Waals surface area (Å²) >= 11 is 1.26. The first-order chi connectivity index (χ1) is 17.5. The fourth-order valence-corrected chi connectivity index (χ4v) is 4.71. The maximum atomic E-state index is 13.4. The SMILES string of the molecule is CCc1ccc(NC(=O)CSc2nc3ccccc3c(=O)n2CCc2ccc(OC)c(OC)c2)cc1. The maximum Gasteiger partial charge on any atom is 0.262 e. The third-order valence-electron chi connectivity index (χ3n) is 5.88. The molecule has 3 aromatic carbocycles. The van der Waals surface area contributed by atoms with E-state index in [4.69, 9.17) is 14.5 Å². The lowest BCUT2D eigenvalue weighted by Crippen LogP contribution is -2.25. The number of benzene rings is 3. The summed E-state index contributed by atoms with van der Waals surface area (Å²) < 4.78 is 12.4. The van der Waals surface area contributed by atoms with Gasteiger partial charge in [-0.2, -0.15) is 0 Å². The van der Waals surface area contributed by atoms with Crippen molar-refractivity contribution in [1.82, 2.24) is 9.55 Å². The Balaban J connectivity index is 1.54. The normalized spacial score (nSPS) is 10.9. The van der Waals surface area contributed by atoms with Crippen LogP contribution in [0.5, 0.6) is 11.5 Å². The number of methoxy groups -OCH3 is 2. The number of rotatable bonds is 10. The van der Waals surface area contributed by atoms with Gasteiger partial charge in [0.15, 0.2) is 16.7 Å². The summed E-state index contributed by atoms with van der Waals surface area (Å²) in [6.07, 6.45) is 1.53. The predicted molar refractivity (Wildman–Crippen MR) is 144 cm³/mol. The Morgan fingerprint density at radius 2 is 1.69 bits per heavy atom. The van der Waals surface area contributed by atoms with Crippen LogP contribution in [-0.4, -0.2) is 35.4 Å². The largest absolute Gasteiger partial charge is 0.493 e. The molecular formula is C28H29N3O4S. The van der Waals surface area contributed by atoms with Gasteiger partial charge >= 0.3 is 0 Å². The molecule has 1 amide bonds. The molecule has 0 spiro atoms. The van der Waals surface area contributed by atoms with Crippen molar-refractivity contribution in [3.8, 4) is 11.5 Å². The second kappa shape index (κ2) is 11.8.